The third kappa shape index (κ3) is 2.87. The molecule has 0 aliphatic carbocycles. The van der Waals surface area contributed by atoms with Gasteiger partial charge in [0.25, 0.3) is 5.91 Å². The van der Waals surface area contributed by atoms with E-state index in [-0.39, 0.29) is 30.3 Å². The molecule has 21 heavy (non-hydrogen) atoms. The smallest absolute Gasteiger partial charge is 0.289 e. The van der Waals surface area contributed by atoms with Crippen molar-refractivity contribution in [1.29, 1.82) is 0 Å². The Balaban J connectivity index is 2.17. The lowest BCUT2D eigenvalue weighted by Crippen LogP contribution is -2.38. The van der Waals surface area contributed by atoms with Gasteiger partial charge in [-0.25, -0.2) is 11.4 Å². The van der Waals surface area contributed by atoms with E-state index in [2.05, 4.69) is 5.10 Å². The number of hydrazone groups is 1. The van der Waals surface area contributed by atoms with E-state index >= 15 is 0 Å². The number of carbonyl (C=O) groups is 2. The van der Waals surface area contributed by atoms with Crippen LogP contribution < -0.4 is 17.1 Å². The lowest BCUT2D eigenvalue weighted by atomic mass is 10.1. The Bertz CT molecular complexity index is 646. The van der Waals surface area contributed by atoms with Crippen LogP contribution in [0, 0.1) is 6.92 Å². The topological polar surface area (TPSA) is 147 Å². The van der Waals surface area contributed by atoms with Crippen LogP contribution >= 0.6 is 0 Å². The Labute approximate surface area is 119 Å². The average molecular weight is 293 g/mol. The molecule has 0 atom stereocenters. The van der Waals surface area contributed by atoms with Gasteiger partial charge in [0.2, 0.25) is 5.78 Å². The molecule has 1 aliphatic heterocycles. The Hall–Kier alpha value is -2.81. The molecule has 2 heterocycles. The second kappa shape index (κ2) is 5.67. The van der Waals surface area contributed by atoms with E-state index in [1.807, 2.05) is 5.53 Å². The fourth-order valence-electron chi connectivity index (χ4n) is 1.94. The highest BCUT2D eigenvalue weighted by Gasteiger charge is 2.35. The molecule has 6 N–H and O–H groups in total. The Morgan fingerprint density at radius 3 is 2.86 bits per heavy atom. The zero-order valence-corrected chi connectivity index (χ0v) is 11.3. The molecule has 1 aliphatic rings. The predicted octanol–water partition coefficient (Wildman–Crippen LogP) is -0.839. The predicted molar refractivity (Wildman–Crippen MR) is 73.0 cm³/mol. The number of hydrogen-bond donors (Lipinski definition) is 4. The Morgan fingerprint density at radius 1 is 1.57 bits per heavy atom. The Kier molecular flexibility index (Phi) is 3.94. The zero-order valence-electron chi connectivity index (χ0n) is 11.3. The maximum atomic E-state index is 12.2. The highest BCUT2D eigenvalue weighted by atomic mass is 16.3. The number of nitrogens with two attached hydrogens (primary N) is 2. The van der Waals surface area contributed by atoms with Crippen LogP contribution in [0.5, 0.6) is 0 Å². The molecule has 2 rings (SSSR count). The summed E-state index contributed by atoms with van der Waals surface area (Å²) in [4.78, 5) is 25.2. The first-order valence-electron chi connectivity index (χ1n) is 6.04. The van der Waals surface area contributed by atoms with Crippen LogP contribution in [0.15, 0.2) is 33.0 Å². The maximum Gasteiger partial charge on any atom is 0.289 e. The highest BCUT2D eigenvalue weighted by molar-refractivity contribution is 6.14. The van der Waals surface area contributed by atoms with E-state index in [1.165, 1.54) is 11.0 Å². The number of aryl methyl sites for hydroxylation is 1. The molecule has 1 aromatic heterocycles. The van der Waals surface area contributed by atoms with Crippen molar-refractivity contribution in [3.63, 3.8) is 0 Å². The molecule has 112 valence electrons. The minimum Gasteiger partial charge on any atom is -0.503 e. The van der Waals surface area contributed by atoms with Crippen molar-refractivity contribution in [3.05, 3.63) is 35.0 Å². The normalized spacial score (nSPS) is 15.8. The van der Waals surface area contributed by atoms with Gasteiger partial charge in [0.05, 0.1) is 18.7 Å². The summed E-state index contributed by atoms with van der Waals surface area (Å²) in [6.45, 7) is 1.54. The monoisotopic (exact) mass is 293 g/mol. The first kappa shape index (κ1) is 14.6. The van der Waals surface area contributed by atoms with Gasteiger partial charge in [0.1, 0.15) is 11.6 Å². The van der Waals surface area contributed by atoms with Gasteiger partial charge in [-0.3, -0.25) is 9.59 Å². The molecule has 1 aromatic rings. The second-order valence-corrected chi connectivity index (χ2v) is 4.46. The van der Waals surface area contributed by atoms with Crippen molar-refractivity contribution in [3.8, 4) is 0 Å². The molecule has 0 saturated carbocycles. The second-order valence-electron chi connectivity index (χ2n) is 4.46. The van der Waals surface area contributed by atoms with Crippen LogP contribution in [0.3, 0.4) is 0 Å². The highest BCUT2D eigenvalue weighted by Crippen LogP contribution is 2.21. The standard InChI is InChI=1S/C12H15N5O4/c1-6-2-3-8(21-6)10(18)7-4-17(12(20)11(7)19)5-9(13)15-16-14/h2-3,16,19H,4-5,14H2,1H3,(H2,13,15). The molecule has 0 spiro atoms. The van der Waals surface area contributed by atoms with Crippen molar-refractivity contribution >= 4 is 17.5 Å². The summed E-state index contributed by atoms with van der Waals surface area (Å²) >= 11 is 0. The van der Waals surface area contributed by atoms with Crippen molar-refractivity contribution in [2.75, 3.05) is 13.1 Å². The number of ketones is 1. The van der Waals surface area contributed by atoms with Gasteiger partial charge in [-0.1, -0.05) is 0 Å². The summed E-state index contributed by atoms with van der Waals surface area (Å²) in [7, 11) is 0. The number of rotatable bonds is 5. The summed E-state index contributed by atoms with van der Waals surface area (Å²) in [5.74, 6) is 3.79. The molecule has 0 bridgehead atoms. The lowest BCUT2D eigenvalue weighted by Gasteiger charge is -2.14. The van der Waals surface area contributed by atoms with Gasteiger partial charge in [-0.2, -0.15) is 5.10 Å². The summed E-state index contributed by atoms with van der Waals surface area (Å²) in [6, 6.07) is 3.11. The van der Waals surface area contributed by atoms with E-state index in [1.54, 1.807) is 13.0 Å². The summed E-state index contributed by atoms with van der Waals surface area (Å²) in [5.41, 5.74) is 7.48. The number of carbonyl (C=O) groups excluding carboxylic acids is 2. The van der Waals surface area contributed by atoms with E-state index < -0.39 is 17.4 Å². The molecule has 0 saturated heterocycles. The first-order chi connectivity index (χ1) is 9.93. The third-order valence-electron chi connectivity index (χ3n) is 2.92. The lowest BCUT2D eigenvalue weighted by molar-refractivity contribution is -0.127. The molecule has 0 unspecified atom stereocenters. The summed E-state index contributed by atoms with van der Waals surface area (Å²) in [5, 5.41) is 13.3. The van der Waals surface area contributed by atoms with Crippen LogP contribution in [0.4, 0.5) is 0 Å². The molecule has 9 heteroatoms. The van der Waals surface area contributed by atoms with Gasteiger partial charge in [-0.05, 0) is 19.1 Å². The number of nitrogens with one attached hydrogen (secondary N) is 1. The van der Waals surface area contributed by atoms with E-state index in [0.29, 0.717) is 5.76 Å². The van der Waals surface area contributed by atoms with Crippen LogP contribution in [-0.2, 0) is 4.79 Å². The number of nitrogens with zero attached hydrogens (tertiary/aromatic N) is 2. The number of amidine groups is 1. The van der Waals surface area contributed by atoms with Crippen LogP contribution in [-0.4, -0.2) is 40.6 Å². The molecule has 0 aromatic carbocycles. The summed E-state index contributed by atoms with van der Waals surface area (Å²) < 4.78 is 5.20. The van der Waals surface area contributed by atoms with Gasteiger partial charge >= 0.3 is 0 Å². The minimum absolute atomic E-state index is 0.0390. The van der Waals surface area contributed by atoms with Crippen LogP contribution in [0.1, 0.15) is 16.3 Å². The first-order valence-corrected chi connectivity index (χ1v) is 6.04. The van der Waals surface area contributed by atoms with Gasteiger partial charge < -0.3 is 20.2 Å². The zero-order chi connectivity index (χ0) is 15.6. The number of aliphatic hydroxyl groups excluding tert-OH is 1. The van der Waals surface area contributed by atoms with Crippen molar-refractivity contribution in [1.82, 2.24) is 10.4 Å². The molecule has 0 radical (unpaired) electrons. The number of hydrogen-bond acceptors (Lipinski definition) is 7. The number of furan rings is 1. The third-order valence-corrected chi connectivity index (χ3v) is 2.92. The fraction of sp³-hybridized carbons (Fsp3) is 0.250. The number of amides is 1. The van der Waals surface area contributed by atoms with Crippen LogP contribution in [0.25, 0.3) is 0 Å². The number of Topliss-reactive ketones (excluding diaryl/α,β-unsaturated/α-hetero) is 1. The molecule has 0 fully saturated rings. The van der Waals surface area contributed by atoms with Gasteiger partial charge in [0, 0.05) is 0 Å². The largest absolute Gasteiger partial charge is 0.503 e. The van der Waals surface area contributed by atoms with Gasteiger partial charge in [0.15, 0.2) is 11.5 Å². The summed E-state index contributed by atoms with van der Waals surface area (Å²) in [6.07, 6.45) is 0. The number of hydrazine groups is 1. The average Bonchev–Trinajstić information content (AvgIpc) is 2.98. The van der Waals surface area contributed by atoms with Crippen molar-refractivity contribution in [2.45, 2.75) is 6.92 Å². The van der Waals surface area contributed by atoms with E-state index in [9.17, 15) is 14.7 Å². The molecular formula is C12H15N5O4. The van der Waals surface area contributed by atoms with Crippen molar-refractivity contribution in [2.24, 2.45) is 16.7 Å². The van der Waals surface area contributed by atoms with E-state index in [0.717, 1.165) is 0 Å². The fourth-order valence-corrected chi connectivity index (χ4v) is 1.94. The van der Waals surface area contributed by atoms with E-state index in [4.69, 9.17) is 16.0 Å². The molecule has 9 nitrogen and oxygen atoms in total. The SMILES string of the molecule is Cc1ccc(C(=O)C2=C(O)C(=O)N(C/C(N)=N/NN)C2)o1. The number of aliphatic hydroxyl groups is 1. The van der Waals surface area contributed by atoms with Gasteiger partial charge in [-0.15, -0.1) is 0 Å². The van der Waals surface area contributed by atoms with Crippen molar-refractivity contribution < 1.29 is 19.1 Å². The quantitative estimate of drug-likeness (QED) is 0.182. The minimum atomic E-state index is -0.697. The maximum absolute atomic E-state index is 12.2. The molecular weight excluding hydrogens is 278 g/mol. The van der Waals surface area contributed by atoms with Crippen LogP contribution in [0.2, 0.25) is 0 Å². The molecule has 1 amide bonds. The Morgan fingerprint density at radius 2 is 2.29 bits per heavy atom.